The smallest absolute Gasteiger partial charge is 0.259 e. The molecule has 2 aliphatic rings. The van der Waals surface area contributed by atoms with Crippen LogP contribution in [0.15, 0.2) is 54.7 Å². The number of para-hydroxylation sites is 1. The number of anilines is 2. The summed E-state index contributed by atoms with van der Waals surface area (Å²) < 4.78 is 13.4. The molecule has 2 fully saturated rings. The highest BCUT2D eigenvalue weighted by Crippen LogP contribution is 2.28. The van der Waals surface area contributed by atoms with Crippen LogP contribution in [0.5, 0.6) is 0 Å². The molecule has 0 aliphatic carbocycles. The Balaban J connectivity index is 1.44. The fourth-order valence-electron chi connectivity index (χ4n) is 4.67. The van der Waals surface area contributed by atoms with Gasteiger partial charge >= 0.3 is 0 Å². The van der Waals surface area contributed by atoms with Crippen LogP contribution >= 0.6 is 0 Å². The van der Waals surface area contributed by atoms with E-state index in [0.717, 1.165) is 57.7 Å². The number of hydrogen-bond acceptors (Lipinski definition) is 5. The third-order valence-corrected chi connectivity index (χ3v) is 6.53. The van der Waals surface area contributed by atoms with Crippen LogP contribution in [0.2, 0.25) is 0 Å². The van der Waals surface area contributed by atoms with Gasteiger partial charge in [0, 0.05) is 56.7 Å². The monoisotopic (exact) mass is 445 g/mol. The number of amides is 1. The Morgan fingerprint density at radius 3 is 2.24 bits per heavy atom. The number of likely N-dealkylation sites (tertiary alicyclic amines) is 1. The summed E-state index contributed by atoms with van der Waals surface area (Å²) in [7, 11) is 0. The van der Waals surface area contributed by atoms with Crippen LogP contribution in [-0.2, 0) is 0 Å². The number of aromatic nitrogens is 2. The van der Waals surface area contributed by atoms with Crippen molar-refractivity contribution in [2.45, 2.75) is 19.8 Å². The van der Waals surface area contributed by atoms with Crippen LogP contribution in [0.25, 0.3) is 11.4 Å². The molecule has 0 saturated carbocycles. The first-order valence-corrected chi connectivity index (χ1v) is 11.6. The Hall–Kier alpha value is -3.48. The van der Waals surface area contributed by atoms with Gasteiger partial charge in [0.25, 0.3) is 5.91 Å². The van der Waals surface area contributed by atoms with Crippen molar-refractivity contribution < 1.29 is 9.18 Å². The molecule has 1 amide bonds. The van der Waals surface area contributed by atoms with E-state index in [2.05, 4.69) is 46.0 Å². The summed E-state index contributed by atoms with van der Waals surface area (Å²) in [5.41, 5.74) is 3.79. The van der Waals surface area contributed by atoms with Gasteiger partial charge < -0.3 is 14.7 Å². The standard InChI is InChI=1S/C26H28FN5O/c1-19-6-2-3-7-23(19)30-14-16-31(17-15-30)25-22(26(33)32-12-4-5-13-32)18-28-24(29-25)20-8-10-21(27)11-9-20/h2-3,6-11,18H,4-5,12-17H2,1H3. The van der Waals surface area contributed by atoms with Crippen molar-refractivity contribution in [3.63, 3.8) is 0 Å². The van der Waals surface area contributed by atoms with Crippen molar-refractivity contribution in [3.8, 4) is 11.4 Å². The average Bonchev–Trinajstić information content (AvgIpc) is 3.39. The van der Waals surface area contributed by atoms with Gasteiger partial charge in [-0.05, 0) is 55.7 Å². The normalized spacial score (nSPS) is 16.4. The minimum atomic E-state index is -0.299. The summed E-state index contributed by atoms with van der Waals surface area (Å²) in [6.45, 7) is 6.89. The minimum absolute atomic E-state index is 0.00510. The van der Waals surface area contributed by atoms with Crippen molar-refractivity contribution in [2.24, 2.45) is 0 Å². The van der Waals surface area contributed by atoms with Crippen LogP contribution in [0.3, 0.4) is 0 Å². The molecule has 0 bridgehead atoms. The zero-order chi connectivity index (χ0) is 22.8. The molecule has 3 aromatic rings. The first kappa shape index (κ1) is 21.4. The molecule has 6 nitrogen and oxygen atoms in total. The van der Waals surface area contributed by atoms with E-state index < -0.39 is 0 Å². The number of nitrogens with zero attached hydrogens (tertiary/aromatic N) is 5. The lowest BCUT2D eigenvalue weighted by atomic mass is 10.1. The van der Waals surface area contributed by atoms with E-state index in [1.165, 1.54) is 23.4 Å². The maximum absolute atomic E-state index is 13.4. The predicted octanol–water partition coefficient (Wildman–Crippen LogP) is 4.15. The number of rotatable bonds is 4. The molecule has 0 spiro atoms. The molecule has 0 unspecified atom stereocenters. The number of piperazine rings is 1. The third kappa shape index (κ3) is 4.40. The van der Waals surface area contributed by atoms with E-state index in [4.69, 9.17) is 4.98 Å². The van der Waals surface area contributed by atoms with Gasteiger partial charge in [0.05, 0.1) is 0 Å². The Bertz CT molecular complexity index is 1140. The number of carbonyl (C=O) groups is 1. The minimum Gasteiger partial charge on any atom is -0.368 e. The maximum atomic E-state index is 13.4. The third-order valence-electron chi connectivity index (χ3n) is 6.53. The fraction of sp³-hybridized carbons (Fsp3) is 0.346. The van der Waals surface area contributed by atoms with Gasteiger partial charge in [0.2, 0.25) is 0 Å². The van der Waals surface area contributed by atoms with Crippen molar-refractivity contribution in [3.05, 3.63) is 71.7 Å². The Morgan fingerprint density at radius 1 is 0.879 bits per heavy atom. The van der Waals surface area contributed by atoms with Gasteiger partial charge in [0.1, 0.15) is 17.2 Å². The second kappa shape index (κ2) is 9.17. The summed E-state index contributed by atoms with van der Waals surface area (Å²) in [4.78, 5) is 29.1. The maximum Gasteiger partial charge on any atom is 0.259 e. The quantitative estimate of drug-likeness (QED) is 0.604. The van der Waals surface area contributed by atoms with Crippen LogP contribution in [-0.4, -0.2) is 60.0 Å². The second-order valence-electron chi connectivity index (χ2n) is 8.70. The SMILES string of the molecule is Cc1ccccc1N1CCN(c2nc(-c3ccc(F)cc3)ncc2C(=O)N2CCCC2)CC1. The lowest BCUT2D eigenvalue weighted by Gasteiger charge is -2.38. The van der Waals surface area contributed by atoms with Gasteiger partial charge in [-0.25, -0.2) is 14.4 Å². The van der Waals surface area contributed by atoms with E-state index in [9.17, 15) is 9.18 Å². The second-order valence-corrected chi connectivity index (χ2v) is 8.70. The molecule has 5 rings (SSSR count). The van der Waals surface area contributed by atoms with Gasteiger partial charge in [-0.15, -0.1) is 0 Å². The molecule has 0 radical (unpaired) electrons. The van der Waals surface area contributed by atoms with Crippen LogP contribution in [0.1, 0.15) is 28.8 Å². The zero-order valence-electron chi connectivity index (χ0n) is 18.9. The number of benzene rings is 2. The summed E-state index contributed by atoms with van der Waals surface area (Å²) in [5.74, 6) is 0.872. The molecule has 3 heterocycles. The van der Waals surface area contributed by atoms with Crippen molar-refractivity contribution >= 4 is 17.4 Å². The topological polar surface area (TPSA) is 52.6 Å². The fourth-order valence-corrected chi connectivity index (χ4v) is 4.67. The first-order chi connectivity index (χ1) is 16.1. The summed E-state index contributed by atoms with van der Waals surface area (Å²) in [5, 5.41) is 0. The molecule has 2 saturated heterocycles. The Labute approximate surface area is 193 Å². The largest absolute Gasteiger partial charge is 0.368 e. The molecule has 7 heteroatoms. The van der Waals surface area contributed by atoms with E-state index in [1.54, 1.807) is 18.3 Å². The van der Waals surface area contributed by atoms with E-state index in [1.807, 2.05) is 4.90 Å². The molecule has 2 aliphatic heterocycles. The average molecular weight is 446 g/mol. The van der Waals surface area contributed by atoms with Crippen LogP contribution < -0.4 is 9.80 Å². The Morgan fingerprint density at radius 2 is 1.55 bits per heavy atom. The number of hydrogen-bond donors (Lipinski definition) is 0. The molecular formula is C26H28FN5O. The summed E-state index contributed by atoms with van der Waals surface area (Å²) >= 11 is 0. The molecule has 0 atom stereocenters. The molecule has 2 aromatic carbocycles. The number of halogens is 1. The van der Waals surface area contributed by atoms with Gasteiger partial charge in [-0.2, -0.15) is 0 Å². The highest BCUT2D eigenvalue weighted by molar-refractivity contribution is 5.99. The van der Waals surface area contributed by atoms with Gasteiger partial charge in [-0.3, -0.25) is 4.79 Å². The van der Waals surface area contributed by atoms with Crippen molar-refractivity contribution in [1.82, 2.24) is 14.9 Å². The molecule has 1 aromatic heterocycles. The highest BCUT2D eigenvalue weighted by Gasteiger charge is 2.28. The molecule has 170 valence electrons. The van der Waals surface area contributed by atoms with E-state index in [-0.39, 0.29) is 11.7 Å². The molecule has 0 N–H and O–H groups in total. The summed E-state index contributed by atoms with van der Waals surface area (Å²) in [6, 6.07) is 14.6. The van der Waals surface area contributed by atoms with E-state index in [0.29, 0.717) is 17.2 Å². The lowest BCUT2D eigenvalue weighted by molar-refractivity contribution is 0.0792. The summed E-state index contributed by atoms with van der Waals surface area (Å²) in [6.07, 6.45) is 3.71. The lowest BCUT2D eigenvalue weighted by Crippen LogP contribution is -2.47. The Kier molecular flexibility index (Phi) is 5.94. The van der Waals surface area contributed by atoms with Gasteiger partial charge in [0.15, 0.2) is 5.82 Å². The molecule has 33 heavy (non-hydrogen) atoms. The van der Waals surface area contributed by atoms with Crippen LogP contribution in [0.4, 0.5) is 15.9 Å². The van der Waals surface area contributed by atoms with Gasteiger partial charge in [-0.1, -0.05) is 18.2 Å². The van der Waals surface area contributed by atoms with E-state index >= 15 is 0 Å². The zero-order valence-corrected chi connectivity index (χ0v) is 18.9. The van der Waals surface area contributed by atoms with Crippen molar-refractivity contribution in [1.29, 1.82) is 0 Å². The first-order valence-electron chi connectivity index (χ1n) is 11.6. The number of aryl methyl sites for hydroxylation is 1. The molecular weight excluding hydrogens is 417 g/mol. The number of carbonyl (C=O) groups excluding carboxylic acids is 1. The predicted molar refractivity (Wildman–Crippen MR) is 128 cm³/mol. The van der Waals surface area contributed by atoms with Crippen LogP contribution in [0, 0.1) is 12.7 Å². The van der Waals surface area contributed by atoms with Crippen molar-refractivity contribution in [2.75, 3.05) is 49.1 Å². The highest BCUT2D eigenvalue weighted by atomic mass is 19.1.